The van der Waals surface area contributed by atoms with Gasteiger partial charge in [-0.1, -0.05) is 23.8 Å². The molecule has 150 valence electrons. The van der Waals surface area contributed by atoms with E-state index in [1.165, 1.54) is 11.8 Å². The highest BCUT2D eigenvalue weighted by atomic mass is 32.2. The van der Waals surface area contributed by atoms with Gasteiger partial charge in [0, 0.05) is 29.9 Å². The van der Waals surface area contributed by atoms with Crippen molar-refractivity contribution in [3.05, 3.63) is 42.4 Å². The molecule has 0 bridgehead atoms. The average Bonchev–Trinajstić information content (AvgIpc) is 3.21. The highest BCUT2D eigenvalue weighted by molar-refractivity contribution is 7.99. The summed E-state index contributed by atoms with van der Waals surface area (Å²) in [5, 5.41) is 7.53. The maximum absolute atomic E-state index is 12.3. The van der Waals surface area contributed by atoms with Gasteiger partial charge in [-0.05, 0) is 30.7 Å². The molecule has 0 fully saturated rings. The molecule has 1 amide bonds. The number of rotatable bonds is 7. The molecule has 9 heteroatoms. The number of nitrogens with one attached hydrogen (secondary N) is 1. The van der Waals surface area contributed by atoms with Crippen LogP contribution in [-0.4, -0.2) is 40.0 Å². The zero-order valence-electron chi connectivity index (χ0n) is 15.9. The van der Waals surface area contributed by atoms with Crippen LogP contribution < -0.4 is 14.8 Å². The van der Waals surface area contributed by atoms with E-state index in [0.717, 1.165) is 18.4 Å². The number of carbonyl (C=O) groups is 1. The van der Waals surface area contributed by atoms with Crippen molar-refractivity contribution in [2.75, 3.05) is 24.3 Å². The molecule has 0 atom stereocenters. The van der Waals surface area contributed by atoms with Crippen LogP contribution in [0.25, 0.3) is 11.5 Å². The molecule has 0 saturated carbocycles. The van der Waals surface area contributed by atoms with Crippen LogP contribution in [0.1, 0.15) is 19.2 Å². The van der Waals surface area contributed by atoms with Crippen LogP contribution in [-0.2, 0) is 11.2 Å². The molecule has 1 aliphatic heterocycles. The first kappa shape index (κ1) is 19.3. The zero-order valence-corrected chi connectivity index (χ0v) is 16.7. The number of hydrogen-bond acceptors (Lipinski definition) is 8. The van der Waals surface area contributed by atoms with Gasteiger partial charge < -0.3 is 19.3 Å². The van der Waals surface area contributed by atoms with Gasteiger partial charge in [0.05, 0.1) is 10.8 Å². The number of pyridine rings is 1. The maximum Gasteiger partial charge on any atom is 0.258 e. The van der Waals surface area contributed by atoms with Crippen molar-refractivity contribution in [2.24, 2.45) is 0 Å². The van der Waals surface area contributed by atoms with E-state index >= 15 is 0 Å². The molecule has 1 aliphatic rings. The first-order valence-electron chi connectivity index (χ1n) is 9.32. The minimum atomic E-state index is -0.137. The molecule has 0 aliphatic carbocycles. The van der Waals surface area contributed by atoms with E-state index < -0.39 is 0 Å². The molecule has 29 heavy (non-hydrogen) atoms. The Kier molecular flexibility index (Phi) is 5.95. The van der Waals surface area contributed by atoms with Crippen molar-refractivity contribution in [2.45, 2.75) is 24.8 Å². The summed E-state index contributed by atoms with van der Waals surface area (Å²) in [7, 11) is 0. The second-order valence-corrected chi connectivity index (χ2v) is 7.34. The van der Waals surface area contributed by atoms with E-state index in [1.807, 2.05) is 12.1 Å². The lowest BCUT2D eigenvalue weighted by atomic mass is 10.2. The van der Waals surface area contributed by atoms with Gasteiger partial charge in [0.25, 0.3) is 5.89 Å². The lowest BCUT2D eigenvalue weighted by Gasteiger charge is -2.18. The average molecular weight is 412 g/mol. The van der Waals surface area contributed by atoms with Gasteiger partial charge in [-0.3, -0.25) is 4.79 Å². The smallest absolute Gasteiger partial charge is 0.258 e. The van der Waals surface area contributed by atoms with Crippen LogP contribution in [0.15, 0.2) is 46.1 Å². The summed E-state index contributed by atoms with van der Waals surface area (Å²) in [4.78, 5) is 21.0. The lowest BCUT2D eigenvalue weighted by molar-refractivity contribution is -0.113. The van der Waals surface area contributed by atoms with Crippen LogP contribution >= 0.6 is 11.8 Å². The molecular formula is C20H20N4O4S. The SMILES string of the molecule is CCCc1noc(-c2ccnc(SCC(=O)Nc3ccc4c(c3)OCCO4)c2)n1. The van der Waals surface area contributed by atoms with E-state index in [2.05, 4.69) is 27.4 Å². The molecule has 0 saturated heterocycles. The predicted octanol–water partition coefficient (Wildman–Crippen LogP) is 3.59. The van der Waals surface area contributed by atoms with E-state index in [-0.39, 0.29) is 11.7 Å². The Hall–Kier alpha value is -3.07. The molecular weight excluding hydrogens is 392 g/mol. The minimum absolute atomic E-state index is 0.137. The van der Waals surface area contributed by atoms with Crippen molar-refractivity contribution in [1.29, 1.82) is 0 Å². The normalized spacial score (nSPS) is 12.6. The first-order chi connectivity index (χ1) is 14.2. The fourth-order valence-corrected chi connectivity index (χ4v) is 3.47. The lowest BCUT2D eigenvalue weighted by Crippen LogP contribution is -2.17. The van der Waals surface area contributed by atoms with Crippen molar-refractivity contribution >= 4 is 23.4 Å². The van der Waals surface area contributed by atoms with Crippen molar-refractivity contribution in [1.82, 2.24) is 15.1 Å². The summed E-state index contributed by atoms with van der Waals surface area (Å²) in [6, 6.07) is 8.99. The quantitative estimate of drug-likeness (QED) is 0.588. The Morgan fingerprint density at radius 3 is 2.90 bits per heavy atom. The van der Waals surface area contributed by atoms with Crippen molar-refractivity contribution < 1.29 is 18.8 Å². The summed E-state index contributed by atoms with van der Waals surface area (Å²) in [5.41, 5.74) is 1.44. The van der Waals surface area contributed by atoms with Crippen molar-refractivity contribution in [3.8, 4) is 23.0 Å². The Balaban J connectivity index is 1.35. The summed E-state index contributed by atoms with van der Waals surface area (Å²) < 4.78 is 16.3. The second kappa shape index (κ2) is 8.95. The molecule has 0 radical (unpaired) electrons. The summed E-state index contributed by atoms with van der Waals surface area (Å²) in [5.74, 6) is 2.55. The molecule has 0 spiro atoms. The monoisotopic (exact) mass is 412 g/mol. The van der Waals surface area contributed by atoms with Crippen LogP contribution in [0.4, 0.5) is 5.69 Å². The number of thioether (sulfide) groups is 1. The van der Waals surface area contributed by atoms with E-state index in [0.29, 0.717) is 47.1 Å². The third-order valence-corrected chi connectivity index (χ3v) is 5.03. The van der Waals surface area contributed by atoms with Crippen LogP contribution in [0.5, 0.6) is 11.5 Å². The highest BCUT2D eigenvalue weighted by Crippen LogP contribution is 2.32. The van der Waals surface area contributed by atoms with Gasteiger partial charge in [-0.25, -0.2) is 4.98 Å². The van der Waals surface area contributed by atoms with Crippen LogP contribution in [0.2, 0.25) is 0 Å². The van der Waals surface area contributed by atoms with Crippen LogP contribution in [0, 0.1) is 0 Å². The van der Waals surface area contributed by atoms with Gasteiger partial charge in [-0.15, -0.1) is 0 Å². The Morgan fingerprint density at radius 2 is 2.03 bits per heavy atom. The number of aromatic nitrogens is 3. The van der Waals surface area contributed by atoms with E-state index in [4.69, 9.17) is 14.0 Å². The number of amides is 1. The van der Waals surface area contributed by atoms with Crippen LogP contribution in [0.3, 0.4) is 0 Å². The fourth-order valence-electron chi connectivity index (χ4n) is 2.78. The Bertz CT molecular complexity index is 1010. The van der Waals surface area contributed by atoms with Gasteiger partial charge in [-0.2, -0.15) is 4.98 Å². The summed E-state index contributed by atoms with van der Waals surface area (Å²) in [6.07, 6.45) is 3.39. The fraction of sp³-hybridized carbons (Fsp3) is 0.300. The summed E-state index contributed by atoms with van der Waals surface area (Å²) in [6.45, 7) is 3.10. The van der Waals surface area contributed by atoms with Gasteiger partial charge in [0.15, 0.2) is 17.3 Å². The van der Waals surface area contributed by atoms with E-state index in [1.54, 1.807) is 24.4 Å². The first-order valence-corrected chi connectivity index (χ1v) is 10.3. The van der Waals surface area contributed by atoms with Crippen molar-refractivity contribution in [3.63, 3.8) is 0 Å². The van der Waals surface area contributed by atoms with E-state index in [9.17, 15) is 4.79 Å². The highest BCUT2D eigenvalue weighted by Gasteiger charge is 2.14. The maximum atomic E-state index is 12.3. The van der Waals surface area contributed by atoms with Gasteiger partial charge in [0.1, 0.15) is 13.2 Å². The number of carbonyl (C=O) groups excluding carboxylic acids is 1. The predicted molar refractivity (Wildman–Crippen MR) is 108 cm³/mol. The number of anilines is 1. The number of ether oxygens (including phenoxy) is 2. The third kappa shape index (κ3) is 4.86. The second-order valence-electron chi connectivity index (χ2n) is 6.34. The molecule has 2 aromatic heterocycles. The molecule has 3 heterocycles. The Labute approximate surface area is 172 Å². The molecule has 1 aromatic carbocycles. The molecule has 4 rings (SSSR count). The largest absolute Gasteiger partial charge is 0.486 e. The standard InChI is InChI=1S/C20H20N4O4S/c1-2-3-17-23-20(28-24-17)13-6-7-21-19(10-13)29-12-18(25)22-14-4-5-15-16(11-14)27-9-8-26-15/h4-7,10-11H,2-3,8-9,12H2,1H3,(H,22,25). The molecule has 3 aromatic rings. The van der Waals surface area contributed by atoms with Gasteiger partial charge in [0.2, 0.25) is 5.91 Å². The third-order valence-electron chi connectivity index (χ3n) is 4.10. The number of hydrogen-bond donors (Lipinski definition) is 1. The van der Waals surface area contributed by atoms with Gasteiger partial charge >= 0.3 is 0 Å². The number of nitrogens with zero attached hydrogens (tertiary/aromatic N) is 3. The molecule has 8 nitrogen and oxygen atoms in total. The number of fused-ring (bicyclic) bond motifs is 1. The zero-order chi connectivity index (χ0) is 20.1. The summed E-state index contributed by atoms with van der Waals surface area (Å²) >= 11 is 1.33. The Morgan fingerprint density at radius 1 is 1.17 bits per heavy atom. The topological polar surface area (TPSA) is 99.4 Å². The minimum Gasteiger partial charge on any atom is -0.486 e. The number of aryl methyl sites for hydroxylation is 1. The molecule has 1 N–H and O–H groups in total. The number of benzene rings is 1. The molecule has 0 unspecified atom stereocenters.